The SMILES string of the molecule is O=S([O-])F.[CH3-].[Li+]. The van der Waals surface area contributed by atoms with Crippen LogP contribution in [-0.4, -0.2) is 8.76 Å². The Morgan fingerprint density at radius 2 is 1.67 bits per heavy atom. The predicted molar refractivity (Wildman–Crippen MR) is 16.4 cm³/mol. The predicted octanol–water partition coefficient (Wildman–Crippen LogP) is -2.80. The van der Waals surface area contributed by atoms with Crippen LogP contribution in [0.4, 0.5) is 3.89 Å². The molecule has 0 fully saturated rings. The average Bonchev–Trinajstić information content (AvgIpc) is 0.811. The molecule has 1 unspecified atom stereocenters. The first-order chi connectivity index (χ1) is 1.73. The van der Waals surface area contributed by atoms with Gasteiger partial charge in [0.15, 0.2) is 0 Å². The Hall–Kier alpha value is 0.637. The van der Waals surface area contributed by atoms with Crippen LogP contribution in [0.3, 0.4) is 0 Å². The summed E-state index contributed by atoms with van der Waals surface area (Å²) in [7, 11) is 0. The summed E-state index contributed by atoms with van der Waals surface area (Å²) in [5, 5.41) is 0. The molecule has 0 aromatic heterocycles. The zero-order valence-corrected chi connectivity index (χ0v) is 4.42. The Morgan fingerprint density at radius 1 is 1.67 bits per heavy atom. The van der Waals surface area contributed by atoms with E-state index in [-0.39, 0.29) is 26.3 Å². The number of halogens is 1. The van der Waals surface area contributed by atoms with Gasteiger partial charge in [-0.25, -0.2) is 4.21 Å². The Kier molecular flexibility index (Phi) is 24.3. The Labute approximate surface area is 50.9 Å². The van der Waals surface area contributed by atoms with Crippen LogP contribution in [0.5, 0.6) is 0 Å². The molecule has 34 valence electrons. The molecule has 0 heterocycles. The van der Waals surface area contributed by atoms with Gasteiger partial charge >= 0.3 is 18.9 Å². The molecule has 6 heavy (non-hydrogen) atoms. The molecule has 0 N–H and O–H groups in total. The summed E-state index contributed by atoms with van der Waals surface area (Å²) in [6.07, 6.45) is 0. The van der Waals surface area contributed by atoms with Crippen molar-refractivity contribution in [1.29, 1.82) is 0 Å². The van der Waals surface area contributed by atoms with Gasteiger partial charge in [0.1, 0.15) is 11.5 Å². The summed E-state index contributed by atoms with van der Waals surface area (Å²) in [4.78, 5) is 0. The maximum atomic E-state index is 9.92. The maximum Gasteiger partial charge on any atom is 1.00 e. The van der Waals surface area contributed by atoms with Crippen LogP contribution >= 0.6 is 0 Å². The third kappa shape index (κ3) is 151. The molecule has 0 aliphatic rings. The van der Waals surface area contributed by atoms with Gasteiger partial charge in [0.05, 0.1) is 0 Å². The molecular weight excluding hydrogens is 102 g/mol. The van der Waals surface area contributed by atoms with Gasteiger partial charge in [0.2, 0.25) is 0 Å². The molecule has 2 nitrogen and oxygen atoms in total. The van der Waals surface area contributed by atoms with E-state index >= 15 is 0 Å². The van der Waals surface area contributed by atoms with Crippen molar-refractivity contribution in [3.63, 3.8) is 0 Å². The van der Waals surface area contributed by atoms with Gasteiger partial charge in [0.25, 0.3) is 0 Å². The van der Waals surface area contributed by atoms with Gasteiger partial charge in [-0.05, 0) is 0 Å². The number of rotatable bonds is 0. The Morgan fingerprint density at radius 3 is 1.67 bits per heavy atom. The van der Waals surface area contributed by atoms with Crippen LogP contribution in [0.1, 0.15) is 0 Å². The number of hydrogen-bond donors (Lipinski definition) is 0. The van der Waals surface area contributed by atoms with Crippen LogP contribution in [-0.2, 0) is 11.5 Å². The first kappa shape index (κ1) is 15.9. The third-order valence-corrected chi connectivity index (χ3v) is 0. The second-order valence-electron chi connectivity index (χ2n) is 0.194. The second-order valence-corrected chi connectivity index (χ2v) is 0.582. The summed E-state index contributed by atoms with van der Waals surface area (Å²) in [5.41, 5.74) is 0. The zero-order valence-electron chi connectivity index (χ0n) is 3.60. The van der Waals surface area contributed by atoms with Gasteiger partial charge in [0, 0.05) is 0 Å². The first-order valence-electron chi connectivity index (χ1n) is 0.488. The monoisotopic (exact) mass is 105 g/mol. The van der Waals surface area contributed by atoms with Crippen molar-refractivity contribution in [1.82, 2.24) is 0 Å². The minimum Gasteiger partial charge on any atom is -0.746 e. The molecule has 0 amide bonds. The molecule has 0 saturated carbocycles. The second kappa shape index (κ2) is 9.16. The van der Waals surface area contributed by atoms with Crippen molar-refractivity contribution in [3.05, 3.63) is 7.43 Å². The molecule has 0 spiro atoms. The van der Waals surface area contributed by atoms with E-state index in [1.54, 1.807) is 0 Å². The van der Waals surface area contributed by atoms with Gasteiger partial charge < -0.3 is 12.0 Å². The van der Waals surface area contributed by atoms with E-state index < -0.39 is 11.5 Å². The van der Waals surface area contributed by atoms with Gasteiger partial charge in [-0.3, -0.25) is 0 Å². The number of hydrogen-bond acceptors (Lipinski definition) is 2. The Bertz CT molecular complexity index is 36.5. The zero-order chi connectivity index (χ0) is 3.58. The van der Waals surface area contributed by atoms with E-state index in [1.807, 2.05) is 0 Å². The van der Waals surface area contributed by atoms with Crippen LogP contribution in [0.25, 0.3) is 0 Å². The quantitative estimate of drug-likeness (QED) is 0.144. The topological polar surface area (TPSA) is 40.1 Å². The average molecular weight is 105 g/mol. The van der Waals surface area contributed by atoms with Crippen molar-refractivity contribution < 1.29 is 31.5 Å². The van der Waals surface area contributed by atoms with E-state index in [0.29, 0.717) is 0 Å². The van der Waals surface area contributed by atoms with Crippen molar-refractivity contribution in [2.45, 2.75) is 0 Å². The van der Waals surface area contributed by atoms with Crippen LogP contribution in [0.2, 0.25) is 0 Å². The fourth-order valence-corrected chi connectivity index (χ4v) is 0. The molecule has 0 aliphatic carbocycles. The third-order valence-electron chi connectivity index (χ3n) is 0. The molecule has 0 aliphatic heterocycles. The van der Waals surface area contributed by atoms with E-state index in [2.05, 4.69) is 0 Å². The van der Waals surface area contributed by atoms with E-state index in [1.165, 1.54) is 0 Å². The molecule has 1 atom stereocenters. The molecule has 0 radical (unpaired) electrons. The summed E-state index contributed by atoms with van der Waals surface area (Å²) in [6, 6.07) is 0. The minimum absolute atomic E-state index is 0. The largest absolute Gasteiger partial charge is 1.00 e. The van der Waals surface area contributed by atoms with Crippen LogP contribution < -0.4 is 18.9 Å². The normalized spacial score (nSPS) is 10.3. The van der Waals surface area contributed by atoms with Crippen molar-refractivity contribution in [2.24, 2.45) is 0 Å². The Balaban J connectivity index is -0.0000000450. The molecule has 0 rings (SSSR count). The van der Waals surface area contributed by atoms with Gasteiger partial charge in [-0.1, -0.05) is 0 Å². The van der Waals surface area contributed by atoms with Crippen LogP contribution in [0, 0.1) is 7.43 Å². The van der Waals surface area contributed by atoms with E-state index in [9.17, 15) is 3.89 Å². The fourth-order valence-electron chi connectivity index (χ4n) is 0. The smallest absolute Gasteiger partial charge is 0.746 e. The molecule has 0 saturated heterocycles. The van der Waals surface area contributed by atoms with E-state index in [4.69, 9.17) is 8.76 Å². The molecular formula is CH3FLiO2S-. The van der Waals surface area contributed by atoms with Crippen LogP contribution in [0.15, 0.2) is 0 Å². The standard InChI is InChI=1S/CH3.FHO2S.Li/c;1-4(2)3;/h1H3;(H,2,3);/q-1;;+1/p-1. The van der Waals surface area contributed by atoms with Crippen molar-refractivity contribution >= 4 is 11.5 Å². The summed E-state index contributed by atoms with van der Waals surface area (Å²) < 4.78 is 26.6. The van der Waals surface area contributed by atoms with Crippen molar-refractivity contribution in [2.75, 3.05) is 0 Å². The molecule has 0 bridgehead atoms. The minimum atomic E-state index is -3.36. The molecule has 0 aromatic rings. The van der Waals surface area contributed by atoms with Gasteiger partial charge in [-0.15, -0.1) is 3.89 Å². The van der Waals surface area contributed by atoms with E-state index in [0.717, 1.165) is 0 Å². The fraction of sp³-hybridized carbons (Fsp3) is 0. The van der Waals surface area contributed by atoms with Crippen molar-refractivity contribution in [3.8, 4) is 0 Å². The maximum absolute atomic E-state index is 9.92. The van der Waals surface area contributed by atoms with Gasteiger partial charge in [-0.2, -0.15) is 0 Å². The summed E-state index contributed by atoms with van der Waals surface area (Å²) >= 11 is -3.36. The first-order valence-corrected chi connectivity index (χ1v) is 1.46. The molecule has 0 aromatic carbocycles. The summed E-state index contributed by atoms with van der Waals surface area (Å²) in [6.45, 7) is 0. The summed E-state index contributed by atoms with van der Waals surface area (Å²) in [5.74, 6) is 0. The molecule has 5 heteroatoms.